The average molecular weight is 250 g/mol. The van der Waals surface area contributed by atoms with Crippen molar-refractivity contribution in [1.29, 1.82) is 0 Å². The van der Waals surface area contributed by atoms with Crippen LogP contribution in [0.5, 0.6) is 0 Å². The van der Waals surface area contributed by atoms with E-state index in [1.165, 1.54) is 5.56 Å². The molecule has 0 bridgehead atoms. The second-order valence-corrected chi connectivity index (χ2v) is 3.52. The third-order valence-corrected chi connectivity index (χ3v) is 2.10. The monoisotopic (exact) mass is 250 g/mol. The Morgan fingerprint density at radius 3 is 1.63 bits per heavy atom. The first-order valence-corrected chi connectivity index (χ1v) is 6.03. The van der Waals surface area contributed by atoms with Crippen molar-refractivity contribution in [2.75, 3.05) is 0 Å². The molecule has 0 amide bonds. The van der Waals surface area contributed by atoms with Crippen molar-refractivity contribution < 1.29 is 0 Å². The lowest BCUT2D eigenvalue weighted by Gasteiger charge is -1.85. The molecule has 0 fully saturated rings. The van der Waals surface area contributed by atoms with E-state index in [4.69, 9.17) is 0 Å². The lowest BCUT2D eigenvalue weighted by molar-refractivity contribution is 1.33. The largest absolute Gasteiger partial charge is 0.368 e. The number of pyridine rings is 1. The number of rotatable bonds is 1. The van der Waals surface area contributed by atoms with Gasteiger partial charge in [0.2, 0.25) is 0 Å². The van der Waals surface area contributed by atoms with Crippen LogP contribution in [0.3, 0.4) is 0 Å². The molecule has 0 saturated carbocycles. The number of aromatic nitrogens is 2. The zero-order valence-corrected chi connectivity index (χ0v) is 10.8. The molecule has 96 valence electrons. The lowest BCUT2D eigenvalue weighted by atomic mass is 10.2. The molecule has 19 heavy (non-hydrogen) atoms. The topological polar surface area (TPSA) is 28.7 Å². The van der Waals surface area contributed by atoms with E-state index in [-0.39, 0.29) is 0 Å². The van der Waals surface area contributed by atoms with Crippen LogP contribution in [0.15, 0.2) is 92.0 Å². The van der Waals surface area contributed by atoms with Gasteiger partial charge in [-0.25, -0.2) is 0 Å². The zero-order chi connectivity index (χ0) is 13.6. The van der Waals surface area contributed by atoms with Crippen LogP contribution < -0.4 is 0 Å². The summed E-state index contributed by atoms with van der Waals surface area (Å²) in [5.41, 5.74) is 1.17. The van der Waals surface area contributed by atoms with Crippen LogP contribution in [-0.4, -0.2) is 9.97 Å². The number of benzene rings is 1. The molecule has 2 nitrogen and oxygen atoms in total. The molecule has 1 aromatic carbocycles. The Morgan fingerprint density at radius 1 is 0.789 bits per heavy atom. The molecule has 0 spiro atoms. The van der Waals surface area contributed by atoms with Crippen molar-refractivity contribution in [3.05, 3.63) is 97.6 Å². The molecule has 3 rings (SSSR count). The maximum Gasteiger partial charge on any atom is 0.0267 e. The van der Waals surface area contributed by atoms with E-state index in [9.17, 15) is 0 Å². The summed E-state index contributed by atoms with van der Waals surface area (Å²) >= 11 is 0. The Kier molecular flexibility index (Phi) is 8.02. The van der Waals surface area contributed by atoms with Crippen molar-refractivity contribution in [2.45, 2.75) is 0 Å². The number of hydrogen-bond acceptors (Lipinski definition) is 1. The molecular formula is C17H18N2. The molecule has 2 aromatic heterocycles. The van der Waals surface area contributed by atoms with Gasteiger partial charge < -0.3 is 4.98 Å². The van der Waals surface area contributed by atoms with Crippen LogP contribution in [-0.2, 0) is 0 Å². The molecular weight excluding hydrogens is 232 g/mol. The van der Waals surface area contributed by atoms with Gasteiger partial charge in [-0.1, -0.05) is 49.1 Å². The third-order valence-electron chi connectivity index (χ3n) is 2.10. The highest BCUT2D eigenvalue weighted by Gasteiger charge is 1.75. The Balaban J connectivity index is 0.000000147. The normalized spacial score (nSPS) is 8.21. The summed E-state index contributed by atoms with van der Waals surface area (Å²) in [4.78, 5) is 6.65. The van der Waals surface area contributed by atoms with Crippen molar-refractivity contribution in [3.8, 4) is 0 Å². The second kappa shape index (κ2) is 10.5. The lowest BCUT2D eigenvalue weighted by Crippen LogP contribution is -1.63. The number of H-pyrrole nitrogens is 1. The van der Waals surface area contributed by atoms with Crippen molar-refractivity contribution in [3.63, 3.8) is 0 Å². The molecule has 0 aliphatic rings. The first-order valence-electron chi connectivity index (χ1n) is 6.03. The van der Waals surface area contributed by atoms with Crippen LogP contribution in [0.1, 0.15) is 5.56 Å². The maximum absolute atomic E-state index is 3.78. The van der Waals surface area contributed by atoms with Crippen molar-refractivity contribution in [2.24, 2.45) is 0 Å². The molecule has 0 saturated heterocycles. The van der Waals surface area contributed by atoms with Crippen LogP contribution >= 0.6 is 0 Å². The van der Waals surface area contributed by atoms with Crippen LogP contribution in [0.4, 0.5) is 0 Å². The fourth-order valence-electron chi connectivity index (χ4n) is 1.18. The predicted octanol–water partition coefficient (Wildman–Crippen LogP) is 4.43. The van der Waals surface area contributed by atoms with E-state index in [1.54, 1.807) is 12.4 Å². The van der Waals surface area contributed by atoms with Gasteiger partial charge in [0.25, 0.3) is 0 Å². The van der Waals surface area contributed by atoms with Gasteiger partial charge in [-0.15, -0.1) is 0 Å². The molecule has 0 atom stereocenters. The predicted molar refractivity (Wildman–Crippen MR) is 81.6 cm³/mol. The highest BCUT2D eigenvalue weighted by atomic mass is 14.6. The molecule has 0 aliphatic heterocycles. The summed E-state index contributed by atoms with van der Waals surface area (Å²) < 4.78 is 0. The smallest absolute Gasteiger partial charge is 0.0267 e. The van der Waals surface area contributed by atoms with E-state index < -0.39 is 0 Å². The van der Waals surface area contributed by atoms with E-state index >= 15 is 0 Å². The van der Waals surface area contributed by atoms with E-state index in [0.29, 0.717) is 0 Å². The Hall–Kier alpha value is -2.61. The molecule has 2 heteroatoms. The third kappa shape index (κ3) is 8.16. The van der Waals surface area contributed by atoms with Gasteiger partial charge in [-0.3, -0.25) is 4.98 Å². The zero-order valence-electron chi connectivity index (χ0n) is 10.8. The SMILES string of the molecule is C=Cc1ccccc1.c1cc[nH]c1.c1ccncc1. The first-order chi connectivity index (χ1) is 9.43. The molecule has 0 aliphatic carbocycles. The summed E-state index contributed by atoms with van der Waals surface area (Å²) in [7, 11) is 0. The highest BCUT2D eigenvalue weighted by Crippen LogP contribution is 1.97. The summed E-state index contributed by atoms with van der Waals surface area (Å²) in [6.45, 7) is 3.63. The molecule has 3 aromatic rings. The number of nitrogens with zero attached hydrogens (tertiary/aromatic N) is 1. The van der Waals surface area contributed by atoms with Gasteiger partial charge >= 0.3 is 0 Å². The number of aromatic amines is 1. The molecule has 0 unspecified atom stereocenters. The molecule has 2 heterocycles. The first kappa shape index (κ1) is 14.5. The Bertz CT molecular complexity index is 458. The minimum atomic E-state index is 1.17. The van der Waals surface area contributed by atoms with Crippen LogP contribution in [0.2, 0.25) is 0 Å². The van der Waals surface area contributed by atoms with E-state index in [1.807, 2.05) is 79.1 Å². The van der Waals surface area contributed by atoms with Gasteiger partial charge in [-0.05, 0) is 29.8 Å². The average Bonchev–Trinajstić information content (AvgIpc) is 3.10. The van der Waals surface area contributed by atoms with Crippen molar-refractivity contribution >= 4 is 6.08 Å². The number of hydrogen-bond donors (Lipinski definition) is 1. The quantitative estimate of drug-likeness (QED) is 0.680. The minimum absolute atomic E-state index is 1.17. The van der Waals surface area contributed by atoms with Crippen LogP contribution in [0, 0.1) is 0 Å². The fourth-order valence-corrected chi connectivity index (χ4v) is 1.18. The summed E-state index contributed by atoms with van der Waals surface area (Å²) in [6, 6.07) is 19.6. The maximum atomic E-state index is 3.78. The fraction of sp³-hybridized carbons (Fsp3) is 0. The number of nitrogens with one attached hydrogen (secondary N) is 1. The van der Waals surface area contributed by atoms with Gasteiger partial charge in [0.1, 0.15) is 0 Å². The Labute approximate surface area is 114 Å². The summed E-state index contributed by atoms with van der Waals surface area (Å²) in [5.74, 6) is 0. The van der Waals surface area contributed by atoms with Crippen LogP contribution in [0.25, 0.3) is 6.08 Å². The van der Waals surface area contributed by atoms with E-state index in [0.717, 1.165) is 0 Å². The van der Waals surface area contributed by atoms with Gasteiger partial charge in [0.05, 0.1) is 0 Å². The van der Waals surface area contributed by atoms with Gasteiger partial charge in [0, 0.05) is 24.8 Å². The standard InChI is InChI=1S/C8H8.C5H5N.C4H5N/c1-2-8-6-4-3-5-7-8;1-2-4-6-5-3-1;1-2-4-5-3-1/h2-7H,1H2;1-5H;1-5H. The summed E-state index contributed by atoms with van der Waals surface area (Å²) in [5, 5.41) is 0. The summed E-state index contributed by atoms with van der Waals surface area (Å²) in [6.07, 6.45) is 9.08. The molecule has 1 N–H and O–H groups in total. The second-order valence-electron chi connectivity index (χ2n) is 3.52. The minimum Gasteiger partial charge on any atom is -0.368 e. The Morgan fingerprint density at radius 2 is 1.37 bits per heavy atom. The van der Waals surface area contributed by atoms with E-state index in [2.05, 4.69) is 16.5 Å². The van der Waals surface area contributed by atoms with Gasteiger partial charge in [0.15, 0.2) is 0 Å². The van der Waals surface area contributed by atoms with Gasteiger partial charge in [-0.2, -0.15) is 0 Å². The highest BCUT2D eigenvalue weighted by molar-refractivity contribution is 5.45. The van der Waals surface area contributed by atoms with Crippen molar-refractivity contribution in [1.82, 2.24) is 9.97 Å². The molecule has 0 radical (unpaired) electrons.